The smallest absolute Gasteiger partial charge is 0.160 e. The highest BCUT2D eigenvalue weighted by Crippen LogP contribution is 2.28. The van der Waals surface area contributed by atoms with E-state index >= 15 is 0 Å². The molecule has 1 rings (SSSR count). The second-order valence-electron chi connectivity index (χ2n) is 3.20. The zero-order chi connectivity index (χ0) is 10.7. The van der Waals surface area contributed by atoms with E-state index in [1.54, 1.807) is 19.1 Å². The molecule has 0 bridgehead atoms. The molecule has 0 aromatic heterocycles. The van der Waals surface area contributed by atoms with Crippen LogP contribution >= 0.6 is 0 Å². The molecule has 2 unspecified atom stereocenters. The van der Waals surface area contributed by atoms with E-state index in [2.05, 4.69) is 0 Å². The molecular weight excluding hydrogens is 182 g/mol. The van der Waals surface area contributed by atoms with Crippen LogP contribution in [0, 0.1) is 0 Å². The summed E-state index contributed by atoms with van der Waals surface area (Å²) in [6.07, 6.45) is -0.635. The minimum absolute atomic E-state index is 0.0639. The van der Waals surface area contributed by atoms with Crippen molar-refractivity contribution in [2.24, 2.45) is 5.73 Å². The molecule has 0 radical (unpaired) electrons. The Morgan fingerprint density at radius 1 is 1.43 bits per heavy atom. The number of ether oxygens (including phenoxy) is 1. The standard InChI is InChI=1S/C10H15NO3/c1-6(12)10(11)7-3-4-8(13)9(5-7)14-2/h3-6,10,12-13H,11H2,1-2H3. The van der Waals surface area contributed by atoms with Crippen LogP contribution in [-0.2, 0) is 0 Å². The van der Waals surface area contributed by atoms with Gasteiger partial charge < -0.3 is 20.7 Å². The van der Waals surface area contributed by atoms with Gasteiger partial charge in [-0.05, 0) is 24.6 Å². The number of rotatable bonds is 3. The molecule has 0 aliphatic carbocycles. The van der Waals surface area contributed by atoms with Gasteiger partial charge in [-0.25, -0.2) is 0 Å². The molecule has 0 fully saturated rings. The molecule has 0 aliphatic heterocycles. The Labute approximate surface area is 82.9 Å². The lowest BCUT2D eigenvalue weighted by Crippen LogP contribution is -2.23. The van der Waals surface area contributed by atoms with E-state index in [0.29, 0.717) is 5.75 Å². The largest absolute Gasteiger partial charge is 0.504 e. The first-order valence-corrected chi connectivity index (χ1v) is 4.36. The third-order valence-corrected chi connectivity index (χ3v) is 2.11. The normalized spacial score (nSPS) is 14.9. The fraction of sp³-hybridized carbons (Fsp3) is 0.400. The van der Waals surface area contributed by atoms with Crippen molar-refractivity contribution < 1.29 is 14.9 Å². The molecule has 78 valence electrons. The van der Waals surface area contributed by atoms with Gasteiger partial charge in [0.15, 0.2) is 11.5 Å². The quantitative estimate of drug-likeness (QED) is 0.669. The predicted molar refractivity (Wildman–Crippen MR) is 53.3 cm³/mol. The lowest BCUT2D eigenvalue weighted by Gasteiger charge is -2.16. The molecule has 1 aromatic rings. The summed E-state index contributed by atoms with van der Waals surface area (Å²) in [5, 5.41) is 18.6. The maximum absolute atomic E-state index is 9.33. The third kappa shape index (κ3) is 2.16. The molecule has 14 heavy (non-hydrogen) atoms. The summed E-state index contributed by atoms with van der Waals surface area (Å²) in [6, 6.07) is 4.31. The summed E-state index contributed by atoms with van der Waals surface area (Å²) in [4.78, 5) is 0. The van der Waals surface area contributed by atoms with Crippen molar-refractivity contribution in [1.82, 2.24) is 0 Å². The third-order valence-electron chi connectivity index (χ3n) is 2.11. The predicted octanol–water partition coefficient (Wildman–Crippen LogP) is 0.781. The van der Waals surface area contributed by atoms with Crippen LogP contribution < -0.4 is 10.5 Å². The van der Waals surface area contributed by atoms with Crippen molar-refractivity contribution in [1.29, 1.82) is 0 Å². The summed E-state index contributed by atoms with van der Waals surface area (Å²) in [5.41, 5.74) is 6.46. The monoisotopic (exact) mass is 197 g/mol. The number of benzene rings is 1. The van der Waals surface area contributed by atoms with Crippen LogP contribution in [-0.4, -0.2) is 23.4 Å². The number of nitrogens with two attached hydrogens (primary N) is 1. The zero-order valence-corrected chi connectivity index (χ0v) is 8.27. The van der Waals surface area contributed by atoms with Gasteiger partial charge in [-0.15, -0.1) is 0 Å². The average molecular weight is 197 g/mol. The van der Waals surface area contributed by atoms with Crippen LogP contribution in [0.4, 0.5) is 0 Å². The molecule has 0 saturated heterocycles. The van der Waals surface area contributed by atoms with E-state index in [4.69, 9.17) is 10.5 Å². The van der Waals surface area contributed by atoms with Gasteiger partial charge in [0.25, 0.3) is 0 Å². The van der Waals surface area contributed by atoms with E-state index in [1.165, 1.54) is 13.2 Å². The second-order valence-corrected chi connectivity index (χ2v) is 3.20. The Balaban J connectivity index is 3.00. The molecule has 4 heteroatoms. The van der Waals surface area contributed by atoms with Gasteiger partial charge in [0.1, 0.15) is 0 Å². The zero-order valence-electron chi connectivity index (χ0n) is 8.27. The maximum atomic E-state index is 9.33. The molecule has 0 saturated carbocycles. The number of hydrogen-bond donors (Lipinski definition) is 3. The number of phenolic OH excluding ortho intramolecular Hbond substituents is 1. The highest BCUT2D eigenvalue weighted by molar-refractivity contribution is 5.42. The average Bonchev–Trinajstić information content (AvgIpc) is 2.17. The second kappa shape index (κ2) is 4.30. The maximum Gasteiger partial charge on any atom is 0.160 e. The van der Waals surface area contributed by atoms with Gasteiger partial charge in [0.05, 0.1) is 19.3 Å². The molecular formula is C10H15NO3. The highest BCUT2D eigenvalue weighted by atomic mass is 16.5. The highest BCUT2D eigenvalue weighted by Gasteiger charge is 2.13. The van der Waals surface area contributed by atoms with Crippen molar-refractivity contribution in [2.45, 2.75) is 19.1 Å². The minimum atomic E-state index is -0.635. The lowest BCUT2D eigenvalue weighted by molar-refractivity contribution is 0.164. The van der Waals surface area contributed by atoms with E-state index in [9.17, 15) is 10.2 Å². The number of aliphatic hydroxyl groups is 1. The van der Waals surface area contributed by atoms with Crippen LogP contribution in [0.2, 0.25) is 0 Å². The number of methoxy groups -OCH3 is 1. The first-order chi connectivity index (χ1) is 6.56. The van der Waals surface area contributed by atoms with Crippen molar-refractivity contribution in [3.8, 4) is 11.5 Å². The molecule has 0 heterocycles. The van der Waals surface area contributed by atoms with Gasteiger partial charge in [0, 0.05) is 0 Å². The molecule has 4 N–H and O–H groups in total. The molecule has 0 aliphatic rings. The fourth-order valence-corrected chi connectivity index (χ4v) is 1.18. The summed E-state index contributed by atoms with van der Waals surface area (Å²) < 4.78 is 4.93. The lowest BCUT2D eigenvalue weighted by atomic mass is 10.0. The molecule has 2 atom stereocenters. The molecule has 1 aromatic carbocycles. The van der Waals surface area contributed by atoms with E-state index < -0.39 is 12.1 Å². The number of aliphatic hydroxyl groups excluding tert-OH is 1. The van der Waals surface area contributed by atoms with Gasteiger partial charge in [-0.3, -0.25) is 0 Å². The molecule has 0 amide bonds. The van der Waals surface area contributed by atoms with E-state index in [-0.39, 0.29) is 5.75 Å². The SMILES string of the molecule is COc1cc(C(N)C(C)O)ccc1O. The van der Waals surface area contributed by atoms with Crippen LogP contribution in [0.5, 0.6) is 11.5 Å². The van der Waals surface area contributed by atoms with Crippen molar-refractivity contribution in [3.05, 3.63) is 23.8 Å². The van der Waals surface area contributed by atoms with Gasteiger partial charge in [0.2, 0.25) is 0 Å². The summed E-state index contributed by atoms with van der Waals surface area (Å²) >= 11 is 0. The van der Waals surface area contributed by atoms with Crippen molar-refractivity contribution in [3.63, 3.8) is 0 Å². The Morgan fingerprint density at radius 2 is 2.07 bits per heavy atom. The van der Waals surface area contributed by atoms with Crippen molar-refractivity contribution >= 4 is 0 Å². The topological polar surface area (TPSA) is 75.7 Å². The van der Waals surface area contributed by atoms with Crippen molar-refractivity contribution in [2.75, 3.05) is 7.11 Å². The Hall–Kier alpha value is -1.26. The van der Waals surface area contributed by atoms with Gasteiger partial charge in [-0.1, -0.05) is 6.07 Å². The fourth-order valence-electron chi connectivity index (χ4n) is 1.18. The number of hydrogen-bond acceptors (Lipinski definition) is 4. The van der Waals surface area contributed by atoms with Crippen LogP contribution in [0.1, 0.15) is 18.5 Å². The van der Waals surface area contributed by atoms with Gasteiger partial charge in [-0.2, -0.15) is 0 Å². The summed E-state index contributed by atoms with van der Waals surface area (Å²) in [6.45, 7) is 1.62. The number of phenols is 1. The van der Waals surface area contributed by atoms with Crippen LogP contribution in [0.3, 0.4) is 0 Å². The number of aromatic hydroxyl groups is 1. The van der Waals surface area contributed by atoms with Crippen LogP contribution in [0.25, 0.3) is 0 Å². The van der Waals surface area contributed by atoms with E-state index in [0.717, 1.165) is 5.56 Å². The minimum Gasteiger partial charge on any atom is -0.504 e. The van der Waals surface area contributed by atoms with Gasteiger partial charge >= 0.3 is 0 Å². The Bertz CT molecular complexity index is 312. The molecule has 0 spiro atoms. The first kappa shape index (κ1) is 10.8. The summed E-state index contributed by atoms with van der Waals surface area (Å²) in [5.74, 6) is 0.424. The Morgan fingerprint density at radius 3 is 2.57 bits per heavy atom. The first-order valence-electron chi connectivity index (χ1n) is 4.36. The Kier molecular flexibility index (Phi) is 3.33. The van der Waals surface area contributed by atoms with Crippen LogP contribution in [0.15, 0.2) is 18.2 Å². The summed E-state index contributed by atoms with van der Waals surface area (Å²) in [7, 11) is 1.47. The van der Waals surface area contributed by atoms with E-state index in [1.807, 2.05) is 0 Å². The molecule has 4 nitrogen and oxygen atoms in total.